The van der Waals surface area contributed by atoms with Crippen LogP contribution in [0.2, 0.25) is 0 Å². The Balaban J connectivity index is 1.31. The number of anilines is 1. The summed E-state index contributed by atoms with van der Waals surface area (Å²) in [4.78, 5) is 2.31. The maximum atomic E-state index is 6.83. The van der Waals surface area contributed by atoms with Crippen LogP contribution in [-0.4, -0.2) is 30.4 Å². The third-order valence-corrected chi connectivity index (χ3v) is 9.36. The number of fused-ring (bicyclic) bond motifs is 6. The van der Waals surface area contributed by atoms with Gasteiger partial charge in [0.25, 0.3) is 0 Å². The molecule has 192 valence electrons. The maximum Gasteiger partial charge on any atom is 0.182 e. The molecular weight excluding hydrogens is 484 g/mol. The lowest BCUT2D eigenvalue weighted by Gasteiger charge is -2.29. The number of nitrogens with zero attached hydrogens (tertiary/aromatic N) is 2. The molecule has 6 rings (SSSR count). The second-order valence-electron chi connectivity index (χ2n) is 12.0. The van der Waals surface area contributed by atoms with E-state index in [0.717, 1.165) is 5.03 Å². The maximum absolute atomic E-state index is 6.83. The summed E-state index contributed by atoms with van der Waals surface area (Å²) >= 11 is 6.83. The predicted octanol–water partition coefficient (Wildman–Crippen LogP) is 8.43. The molecule has 0 saturated heterocycles. The number of likely N-dealkylation sites (N-methyl/N-ethyl adjacent to an activating group) is 2. The summed E-state index contributed by atoms with van der Waals surface area (Å²) in [5, 5.41) is 3.33. The quantitative estimate of drug-likeness (QED) is 0.248. The molecule has 2 heterocycles. The molecule has 0 fully saturated rings. The second-order valence-corrected chi connectivity index (χ2v) is 12.4. The van der Waals surface area contributed by atoms with Crippen molar-refractivity contribution in [2.75, 3.05) is 19.0 Å². The molecule has 0 amide bonds. The van der Waals surface area contributed by atoms with E-state index in [1.165, 1.54) is 44.6 Å². The highest BCUT2D eigenvalue weighted by atomic mass is 35.5. The van der Waals surface area contributed by atoms with Crippen LogP contribution in [0.25, 0.3) is 16.8 Å². The molecule has 0 saturated carbocycles. The van der Waals surface area contributed by atoms with Gasteiger partial charge in [-0.05, 0) is 71.7 Å². The lowest BCUT2D eigenvalue weighted by atomic mass is 9.68. The van der Waals surface area contributed by atoms with Gasteiger partial charge >= 0.3 is 0 Å². The first-order valence-electron chi connectivity index (χ1n) is 13.5. The van der Waals surface area contributed by atoms with Gasteiger partial charge in [-0.1, -0.05) is 86.1 Å². The van der Waals surface area contributed by atoms with Crippen molar-refractivity contribution in [3.63, 3.8) is 0 Å². The Morgan fingerprint density at radius 2 is 1.71 bits per heavy atom. The van der Waals surface area contributed by atoms with E-state index in [2.05, 4.69) is 142 Å². The molecule has 0 aromatic heterocycles. The lowest BCUT2D eigenvalue weighted by Crippen LogP contribution is -2.31. The van der Waals surface area contributed by atoms with Crippen molar-refractivity contribution >= 4 is 39.8 Å². The van der Waals surface area contributed by atoms with Gasteiger partial charge in [0.2, 0.25) is 0 Å². The van der Waals surface area contributed by atoms with Gasteiger partial charge in [0.15, 0.2) is 11.8 Å². The average molecular weight is 520 g/mol. The molecule has 2 nitrogen and oxygen atoms in total. The first-order valence-corrected chi connectivity index (χ1v) is 13.9. The number of benzene rings is 3. The van der Waals surface area contributed by atoms with E-state index in [1.54, 1.807) is 0 Å². The average Bonchev–Trinajstić information content (AvgIpc) is 3.23. The molecule has 3 aromatic carbocycles. The predicted molar refractivity (Wildman–Crippen MR) is 164 cm³/mol. The molecule has 3 heteroatoms. The fourth-order valence-corrected chi connectivity index (χ4v) is 7.41. The number of hydrogen-bond donors (Lipinski definition) is 0. The van der Waals surface area contributed by atoms with Crippen LogP contribution in [0.1, 0.15) is 50.3 Å². The topological polar surface area (TPSA) is 6.25 Å². The summed E-state index contributed by atoms with van der Waals surface area (Å²) in [6, 6.07) is 22.3. The van der Waals surface area contributed by atoms with Gasteiger partial charge < -0.3 is 4.90 Å². The summed E-state index contributed by atoms with van der Waals surface area (Å²) in [5.74, 6) is 0.416. The highest BCUT2D eigenvalue weighted by Crippen LogP contribution is 2.50. The molecule has 2 unspecified atom stereocenters. The standard InChI is InChI=1S/C35H36ClN2/c1-34(2)30(37(5)28-19-15-23-11-7-9-13-26(23)32(28)34)21-17-25(36)18-22-31-35(3,4)33-27-14-10-8-12-24(27)16-20-29(33)38(31)6/h7-22,28,32H,1-6H3/q+1. The Bertz CT molecular complexity index is 1610. The smallest absolute Gasteiger partial charge is 0.182 e. The van der Waals surface area contributed by atoms with E-state index in [-0.39, 0.29) is 10.8 Å². The molecule has 38 heavy (non-hydrogen) atoms. The van der Waals surface area contributed by atoms with E-state index in [1.807, 2.05) is 6.08 Å². The molecule has 0 N–H and O–H groups in total. The second kappa shape index (κ2) is 8.85. The highest BCUT2D eigenvalue weighted by Gasteiger charge is 2.54. The molecule has 3 aliphatic rings. The number of allylic oxidation sites excluding steroid dienone is 6. The van der Waals surface area contributed by atoms with Gasteiger partial charge in [-0.2, -0.15) is 0 Å². The van der Waals surface area contributed by atoms with E-state index in [0.29, 0.717) is 12.0 Å². The fraction of sp³-hybridized carbons (Fsp3) is 0.286. The molecular formula is C35H36ClN2+. The number of hydrogen-bond acceptors (Lipinski definition) is 1. The first-order chi connectivity index (χ1) is 18.1. The first kappa shape index (κ1) is 24.9. The Labute approximate surface area is 231 Å². The van der Waals surface area contributed by atoms with Gasteiger partial charge in [-0.3, -0.25) is 0 Å². The SMILES string of the molecule is CN1C(=CC=C(Cl)C=CC2=[N+](C)C3C=Cc4ccccc4C3C2(C)C)C(C)(C)c2c1ccc1ccccc21. The normalized spacial score (nSPS) is 24.4. The summed E-state index contributed by atoms with van der Waals surface area (Å²) in [6.07, 6.45) is 13.1. The summed E-state index contributed by atoms with van der Waals surface area (Å²) in [6.45, 7) is 9.34. The minimum atomic E-state index is -0.125. The van der Waals surface area contributed by atoms with Gasteiger partial charge in [-0.25, -0.2) is 4.58 Å². The fourth-order valence-electron chi connectivity index (χ4n) is 7.28. The molecule has 1 aliphatic carbocycles. The Hall–Kier alpha value is -3.36. The van der Waals surface area contributed by atoms with Gasteiger partial charge in [0.05, 0.1) is 11.3 Å². The molecule has 0 bridgehead atoms. The number of halogens is 1. The van der Waals surface area contributed by atoms with Crippen LogP contribution in [0.4, 0.5) is 5.69 Å². The van der Waals surface area contributed by atoms with E-state index < -0.39 is 0 Å². The summed E-state index contributed by atoms with van der Waals surface area (Å²) in [7, 11) is 4.37. The van der Waals surface area contributed by atoms with Crippen LogP contribution >= 0.6 is 11.6 Å². The summed E-state index contributed by atoms with van der Waals surface area (Å²) < 4.78 is 2.42. The van der Waals surface area contributed by atoms with Crippen LogP contribution in [-0.2, 0) is 5.41 Å². The van der Waals surface area contributed by atoms with Crippen molar-refractivity contribution in [3.05, 3.63) is 118 Å². The number of rotatable bonds is 3. The van der Waals surface area contributed by atoms with Crippen molar-refractivity contribution < 1.29 is 4.58 Å². The van der Waals surface area contributed by atoms with Crippen molar-refractivity contribution in [2.24, 2.45) is 5.41 Å². The van der Waals surface area contributed by atoms with E-state index in [9.17, 15) is 0 Å². The van der Waals surface area contributed by atoms with Crippen LogP contribution in [0.15, 0.2) is 102 Å². The van der Waals surface area contributed by atoms with Crippen molar-refractivity contribution in [1.29, 1.82) is 0 Å². The van der Waals surface area contributed by atoms with Crippen molar-refractivity contribution in [3.8, 4) is 0 Å². The molecule has 3 aromatic rings. The molecule has 2 aliphatic heterocycles. The lowest BCUT2D eigenvalue weighted by molar-refractivity contribution is -0.518. The zero-order chi connectivity index (χ0) is 26.8. The van der Waals surface area contributed by atoms with E-state index in [4.69, 9.17) is 11.6 Å². The minimum absolute atomic E-state index is 0.0111. The largest absolute Gasteiger partial charge is 0.347 e. The van der Waals surface area contributed by atoms with Gasteiger partial charge in [0.1, 0.15) is 7.05 Å². The third-order valence-electron chi connectivity index (χ3n) is 9.11. The molecule has 2 atom stereocenters. The van der Waals surface area contributed by atoms with Crippen molar-refractivity contribution in [1.82, 2.24) is 0 Å². The van der Waals surface area contributed by atoms with Crippen LogP contribution in [0, 0.1) is 5.41 Å². The zero-order valence-corrected chi connectivity index (χ0v) is 23.9. The van der Waals surface area contributed by atoms with Crippen LogP contribution < -0.4 is 4.90 Å². The Morgan fingerprint density at radius 1 is 0.974 bits per heavy atom. The molecule has 0 spiro atoms. The highest BCUT2D eigenvalue weighted by molar-refractivity contribution is 6.31. The molecule has 0 radical (unpaired) electrons. The van der Waals surface area contributed by atoms with Gasteiger partial charge in [-0.15, -0.1) is 0 Å². The zero-order valence-electron chi connectivity index (χ0n) is 23.2. The Morgan fingerprint density at radius 3 is 2.53 bits per heavy atom. The summed E-state index contributed by atoms with van der Waals surface area (Å²) in [5.41, 5.74) is 7.83. The van der Waals surface area contributed by atoms with Gasteiger partial charge in [0, 0.05) is 35.0 Å². The van der Waals surface area contributed by atoms with E-state index >= 15 is 0 Å². The van der Waals surface area contributed by atoms with Crippen molar-refractivity contribution in [2.45, 2.75) is 45.1 Å². The van der Waals surface area contributed by atoms with Crippen LogP contribution in [0.3, 0.4) is 0 Å². The Kier molecular flexibility index (Phi) is 5.81. The minimum Gasteiger partial charge on any atom is -0.347 e. The van der Waals surface area contributed by atoms with Crippen LogP contribution in [0.5, 0.6) is 0 Å². The monoisotopic (exact) mass is 519 g/mol. The third kappa shape index (κ3) is 3.65.